The van der Waals surface area contributed by atoms with Gasteiger partial charge in [0.2, 0.25) is 5.78 Å². The highest BCUT2D eigenvalue weighted by Crippen LogP contribution is 2.15. The maximum atomic E-state index is 12.0. The molecule has 0 saturated carbocycles. The summed E-state index contributed by atoms with van der Waals surface area (Å²) in [6, 6.07) is 13.3. The molecule has 0 aliphatic rings. The summed E-state index contributed by atoms with van der Waals surface area (Å²) < 4.78 is 5.00. The van der Waals surface area contributed by atoms with Crippen molar-refractivity contribution in [1.82, 2.24) is 5.32 Å². The summed E-state index contributed by atoms with van der Waals surface area (Å²) in [4.78, 5) is 35.7. The lowest BCUT2D eigenvalue weighted by Crippen LogP contribution is -2.31. The summed E-state index contributed by atoms with van der Waals surface area (Å²) in [6.07, 6.45) is -0.485. The van der Waals surface area contributed by atoms with Gasteiger partial charge in [0, 0.05) is 17.1 Å². The lowest BCUT2D eigenvalue weighted by atomic mass is 10.1. The van der Waals surface area contributed by atoms with E-state index >= 15 is 0 Å². The molecule has 5 nitrogen and oxygen atoms in total. The number of carbonyl (C=O) groups excluding carboxylic acids is 3. The predicted molar refractivity (Wildman–Crippen MR) is 90.2 cm³/mol. The first kappa shape index (κ1) is 17.7. The molecule has 0 aliphatic heterocycles. The average molecular weight is 346 g/mol. The molecule has 6 heteroatoms. The standard InChI is InChI=1S/C18H16ClNO4/c1-24-14-8-6-12(7-9-14)16(21)10-17(22)18(23)20-11-13-4-2-3-5-15(13)19/h2-9H,10-11H2,1H3,(H,20,23). The van der Waals surface area contributed by atoms with Crippen molar-refractivity contribution < 1.29 is 19.1 Å². The minimum atomic E-state index is -0.809. The van der Waals surface area contributed by atoms with E-state index in [1.54, 1.807) is 48.5 Å². The van der Waals surface area contributed by atoms with Crippen LogP contribution in [-0.2, 0) is 16.1 Å². The summed E-state index contributed by atoms with van der Waals surface area (Å²) in [5, 5.41) is 2.97. The van der Waals surface area contributed by atoms with Crippen LogP contribution >= 0.6 is 11.6 Å². The predicted octanol–water partition coefficient (Wildman–Crippen LogP) is 2.81. The number of hydrogen-bond acceptors (Lipinski definition) is 4. The number of carbonyl (C=O) groups is 3. The van der Waals surface area contributed by atoms with Gasteiger partial charge in [0.25, 0.3) is 5.91 Å². The second kappa shape index (κ2) is 8.26. The monoisotopic (exact) mass is 345 g/mol. The quantitative estimate of drug-likeness (QED) is 0.476. The fraction of sp³-hybridized carbons (Fsp3) is 0.167. The number of methoxy groups -OCH3 is 1. The van der Waals surface area contributed by atoms with Gasteiger partial charge in [-0.3, -0.25) is 14.4 Å². The fourth-order valence-electron chi connectivity index (χ4n) is 2.02. The highest BCUT2D eigenvalue weighted by Gasteiger charge is 2.19. The minimum absolute atomic E-state index is 0.126. The Balaban J connectivity index is 1.89. The van der Waals surface area contributed by atoms with Gasteiger partial charge in [-0.05, 0) is 35.9 Å². The van der Waals surface area contributed by atoms with Crippen LogP contribution in [0.2, 0.25) is 5.02 Å². The minimum Gasteiger partial charge on any atom is -0.497 e. The fourth-order valence-corrected chi connectivity index (χ4v) is 2.22. The molecular weight excluding hydrogens is 330 g/mol. The van der Waals surface area contributed by atoms with Crippen molar-refractivity contribution in [2.24, 2.45) is 0 Å². The van der Waals surface area contributed by atoms with Crippen molar-refractivity contribution in [2.45, 2.75) is 13.0 Å². The Kier molecular flexibility index (Phi) is 6.09. The Bertz CT molecular complexity index is 756. The zero-order valence-electron chi connectivity index (χ0n) is 13.0. The molecule has 124 valence electrons. The molecule has 0 saturated heterocycles. The van der Waals surface area contributed by atoms with Gasteiger partial charge < -0.3 is 10.1 Å². The summed E-state index contributed by atoms with van der Waals surface area (Å²) in [5.41, 5.74) is 1.05. The topological polar surface area (TPSA) is 72.5 Å². The number of ketones is 2. The lowest BCUT2D eigenvalue weighted by Gasteiger charge is -2.06. The van der Waals surface area contributed by atoms with Gasteiger partial charge >= 0.3 is 0 Å². The molecule has 1 amide bonds. The molecule has 2 aromatic carbocycles. The van der Waals surface area contributed by atoms with Crippen LogP contribution in [0, 0.1) is 0 Å². The maximum Gasteiger partial charge on any atom is 0.288 e. The van der Waals surface area contributed by atoms with Crippen LogP contribution in [-0.4, -0.2) is 24.6 Å². The molecule has 0 fully saturated rings. The summed E-state index contributed by atoms with van der Waals surface area (Å²) in [5.74, 6) is -1.41. The van der Waals surface area contributed by atoms with E-state index < -0.39 is 23.9 Å². The number of nitrogens with one attached hydrogen (secondary N) is 1. The van der Waals surface area contributed by atoms with Crippen LogP contribution in [0.3, 0.4) is 0 Å². The van der Waals surface area contributed by atoms with Crippen LogP contribution in [0.5, 0.6) is 5.75 Å². The molecule has 2 aromatic rings. The van der Waals surface area contributed by atoms with Gasteiger partial charge in [0.1, 0.15) is 5.75 Å². The van der Waals surface area contributed by atoms with Crippen molar-refractivity contribution in [3.05, 3.63) is 64.7 Å². The number of hydrogen-bond donors (Lipinski definition) is 1. The first-order valence-corrected chi connectivity index (χ1v) is 7.60. The van der Waals surface area contributed by atoms with E-state index in [0.29, 0.717) is 21.9 Å². The third-order valence-electron chi connectivity index (χ3n) is 3.38. The third-order valence-corrected chi connectivity index (χ3v) is 3.75. The molecule has 0 atom stereocenters. The van der Waals surface area contributed by atoms with Crippen molar-refractivity contribution >= 4 is 29.1 Å². The van der Waals surface area contributed by atoms with Crippen LogP contribution < -0.4 is 10.1 Å². The van der Waals surface area contributed by atoms with E-state index in [4.69, 9.17) is 16.3 Å². The van der Waals surface area contributed by atoms with Gasteiger partial charge in [-0.15, -0.1) is 0 Å². The Morgan fingerprint density at radius 3 is 2.33 bits per heavy atom. The number of amides is 1. The summed E-state index contributed by atoms with van der Waals surface area (Å²) >= 11 is 5.98. The van der Waals surface area contributed by atoms with Crippen molar-refractivity contribution in [1.29, 1.82) is 0 Å². The molecule has 0 aromatic heterocycles. The number of Topliss-reactive ketones (excluding diaryl/α,β-unsaturated/α-hetero) is 2. The van der Waals surface area contributed by atoms with Crippen LogP contribution in [0.1, 0.15) is 22.3 Å². The van der Waals surface area contributed by atoms with E-state index in [-0.39, 0.29) is 6.54 Å². The van der Waals surface area contributed by atoms with Crippen LogP contribution in [0.25, 0.3) is 0 Å². The molecule has 1 N–H and O–H groups in total. The zero-order chi connectivity index (χ0) is 17.5. The second-order valence-electron chi connectivity index (χ2n) is 5.03. The molecule has 0 unspecified atom stereocenters. The lowest BCUT2D eigenvalue weighted by molar-refractivity contribution is -0.137. The Morgan fingerprint density at radius 2 is 1.71 bits per heavy atom. The number of ether oxygens (including phenoxy) is 1. The normalized spacial score (nSPS) is 10.1. The van der Waals surface area contributed by atoms with Crippen molar-refractivity contribution in [3.8, 4) is 5.75 Å². The smallest absolute Gasteiger partial charge is 0.288 e. The maximum absolute atomic E-state index is 12.0. The summed E-state index contributed by atoms with van der Waals surface area (Å²) in [7, 11) is 1.52. The molecule has 0 spiro atoms. The van der Waals surface area contributed by atoms with Gasteiger partial charge in [-0.1, -0.05) is 29.8 Å². The van der Waals surface area contributed by atoms with Crippen molar-refractivity contribution in [2.75, 3.05) is 7.11 Å². The largest absolute Gasteiger partial charge is 0.497 e. The molecule has 0 bridgehead atoms. The number of benzene rings is 2. The molecule has 0 radical (unpaired) electrons. The Morgan fingerprint density at radius 1 is 1.04 bits per heavy atom. The zero-order valence-corrected chi connectivity index (χ0v) is 13.8. The first-order chi connectivity index (χ1) is 11.5. The number of halogens is 1. The molecule has 2 rings (SSSR count). The highest BCUT2D eigenvalue weighted by molar-refractivity contribution is 6.40. The second-order valence-corrected chi connectivity index (χ2v) is 5.43. The van der Waals surface area contributed by atoms with E-state index in [1.165, 1.54) is 7.11 Å². The number of rotatable bonds is 7. The molecule has 24 heavy (non-hydrogen) atoms. The third kappa shape index (κ3) is 4.67. The SMILES string of the molecule is COc1ccc(C(=O)CC(=O)C(=O)NCc2ccccc2Cl)cc1. The van der Waals surface area contributed by atoms with Crippen LogP contribution in [0.4, 0.5) is 0 Å². The van der Waals surface area contributed by atoms with Gasteiger partial charge in [0.15, 0.2) is 5.78 Å². The molecule has 0 heterocycles. The van der Waals surface area contributed by atoms with Gasteiger partial charge in [-0.25, -0.2) is 0 Å². The average Bonchev–Trinajstić information content (AvgIpc) is 2.60. The Hall–Kier alpha value is -2.66. The van der Waals surface area contributed by atoms with E-state index in [9.17, 15) is 14.4 Å². The van der Waals surface area contributed by atoms with E-state index in [2.05, 4.69) is 5.32 Å². The summed E-state index contributed by atoms with van der Waals surface area (Å²) in [6.45, 7) is 0.126. The van der Waals surface area contributed by atoms with E-state index in [0.717, 1.165) is 0 Å². The highest BCUT2D eigenvalue weighted by atomic mass is 35.5. The van der Waals surface area contributed by atoms with Crippen molar-refractivity contribution in [3.63, 3.8) is 0 Å². The Labute approximate surface area is 144 Å². The van der Waals surface area contributed by atoms with Gasteiger partial charge in [-0.2, -0.15) is 0 Å². The molecular formula is C18H16ClNO4. The van der Waals surface area contributed by atoms with Gasteiger partial charge in [0.05, 0.1) is 13.5 Å². The van der Waals surface area contributed by atoms with E-state index in [1.807, 2.05) is 0 Å². The molecule has 0 aliphatic carbocycles. The first-order valence-electron chi connectivity index (χ1n) is 7.23. The van der Waals surface area contributed by atoms with Crippen LogP contribution in [0.15, 0.2) is 48.5 Å².